The van der Waals surface area contributed by atoms with Crippen LogP contribution in [0.2, 0.25) is 0 Å². The van der Waals surface area contributed by atoms with Crippen molar-refractivity contribution >= 4 is 17.8 Å². The van der Waals surface area contributed by atoms with Crippen LogP contribution in [0.1, 0.15) is 32.1 Å². The van der Waals surface area contributed by atoms with Gasteiger partial charge in [-0.15, -0.1) is 0 Å². The summed E-state index contributed by atoms with van der Waals surface area (Å²) in [5.74, 6) is -2.09. The Labute approximate surface area is 98.2 Å². The van der Waals surface area contributed by atoms with Crippen LogP contribution < -0.4 is 0 Å². The van der Waals surface area contributed by atoms with E-state index in [0.717, 1.165) is 17.7 Å². The molecule has 2 rings (SSSR count). The van der Waals surface area contributed by atoms with E-state index in [4.69, 9.17) is 5.11 Å². The lowest BCUT2D eigenvalue weighted by Crippen LogP contribution is -2.42. The molecule has 1 unspecified atom stereocenters. The van der Waals surface area contributed by atoms with Crippen LogP contribution in [0.4, 0.5) is 0 Å². The number of carbonyl (C=O) groups is 3. The normalized spacial score (nSPS) is 24.6. The van der Waals surface area contributed by atoms with Gasteiger partial charge >= 0.3 is 5.97 Å². The summed E-state index contributed by atoms with van der Waals surface area (Å²) in [6, 6.07) is 0. The maximum absolute atomic E-state index is 12.1. The summed E-state index contributed by atoms with van der Waals surface area (Å²) >= 11 is 0. The van der Waals surface area contributed by atoms with Gasteiger partial charge in [-0.05, 0) is 12.8 Å². The third kappa shape index (κ3) is 1.93. The van der Waals surface area contributed by atoms with Crippen molar-refractivity contribution < 1.29 is 24.6 Å². The molecule has 2 amide bonds. The van der Waals surface area contributed by atoms with E-state index < -0.39 is 24.0 Å². The number of likely N-dealkylation sites (tertiary alicyclic amines) is 1. The van der Waals surface area contributed by atoms with Gasteiger partial charge in [0.15, 0.2) is 6.10 Å². The van der Waals surface area contributed by atoms with Gasteiger partial charge in [-0.3, -0.25) is 14.5 Å². The molecule has 0 aromatic rings. The average Bonchev–Trinajstić information content (AvgIpc) is 2.81. The number of aliphatic hydroxyl groups excluding tert-OH is 1. The summed E-state index contributed by atoms with van der Waals surface area (Å²) in [7, 11) is 0. The predicted octanol–water partition coefficient (Wildman–Crippen LogP) is -0.249. The number of carboxylic acid groups (broad SMARTS) is 1. The van der Waals surface area contributed by atoms with Crippen LogP contribution >= 0.6 is 0 Å². The summed E-state index contributed by atoms with van der Waals surface area (Å²) in [5.41, 5.74) is -0.602. The van der Waals surface area contributed by atoms with Crippen molar-refractivity contribution in [2.24, 2.45) is 5.41 Å². The molecule has 0 bridgehead atoms. The van der Waals surface area contributed by atoms with Gasteiger partial charge in [-0.1, -0.05) is 12.8 Å². The maximum atomic E-state index is 12.1. The van der Waals surface area contributed by atoms with Crippen molar-refractivity contribution in [3.05, 3.63) is 0 Å². The number of carboxylic acids is 1. The number of imide groups is 1. The van der Waals surface area contributed by atoms with Gasteiger partial charge in [0.05, 0.1) is 12.0 Å². The van der Waals surface area contributed by atoms with E-state index in [1.165, 1.54) is 0 Å². The van der Waals surface area contributed by atoms with Crippen LogP contribution in [0.5, 0.6) is 0 Å². The zero-order chi connectivity index (χ0) is 12.6. The van der Waals surface area contributed by atoms with Crippen molar-refractivity contribution in [1.29, 1.82) is 0 Å². The Bertz CT molecular complexity index is 372. The van der Waals surface area contributed by atoms with Crippen LogP contribution in [-0.2, 0) is 14.4 Å². The van der Waals surface area contributed by atoms with Crippen molar-refractivity contribution in [1.82, 2.24) is 4.90 Å². The van der Waals surface area contributed by atoms with Crippen molar-refractivity contribution in [3.8, 4) is 0 Å². The first-order valence-electron chi connectivity index (χ1n) is 5.72. The molecular weight excluding hydrogens is 226 g/mol. The van der Waals surface area contributed by atoms with Gasteiger partial charge in [0.1, 0.15) is 0 Å². The van der Waals surface area contributed by atoms with Crippen LogP contribution in [0, 0.1) is 5.41 Å². The number of aliphatic carboxylic acids is 1. The number of amides is 2. The molecular formula is C11H15NO5. The smallest absolute Gasteiger partial charge is 0.334 e. The largest absolute Gasteiger partial charge is 0.479 e. The molecule has 0 aromatic carbocycles. The predicted molar refractivity (Wildman–Crippen MR) is 55.9 cm³/mol. The molecule has 1 heterocycles. The Kier molecular flexibility index (Phi) is 2.91. The fourth-order valence-corrected chi connectivity index (χ4v) is 2.74. The molecule has 1 saturated carbocycles. The third-order valence-electron chi connectivity index (χ3n) is 3.69. The minimum absolute atomic E-state index is 0.165. The van der Waals surface area contributed by atoms with Crippen LogP contribution in [0.15, 0.2) is 0 Å². The van der Waals surface area contributed by atoms with Crippen molar-refractivity contribution in [3.63, 3.8) is 0 Å². The molecule has 1 spiro atoms. The summed E-state index contributed by atoms with van der Waals surface area (Å²) in [6.45, 7) is -0.436. The molecule has 2 aliphatic rings. The first-order valence-corrected chi connectivity index (χ1v) is 5.72. The van der Waals surface area contributed by atoms with Crippen LogP contribution in [0.3, 0.4) is 0 Å². The Morgan fingerprint density at radius 1 is 1.35 bits per heavy atom. The molecule has 0 radical (unpaired) electrons. The van der Waals surface area contributed by atoms with Crippen molar-refractivity contribution in [2.75, 3.05) is 6.54 Å². The first-order chi connectivity index (χ1) is 7.96. The second kappa shape index (κ2) is 4.10. The molecule has 1 aliphatic carbocycles. The van der Waals surface area contributed by atoms with Gasteiger partial charge in [0, 0.05) is 6.42 Å². The quantitative estimate of drug-likeness (QED) is 0.664. The number of rotatable bonds is 3. The SMILES string of the molecule is O=C(O)C(O)CN1C(=O)CC2(CCCC2)C1=O. The summed E-state index contributed by atoms with van der Waals surface area (Å²) < 4.78 is 0. The molecule has 1 atom stereocenters. The van der Waals surface area contributed by atoms with Gasteiger partial charge in [0.25, 0.3) is 0 Å². The molecule has 1 saturated heterocycles. The lowest BCUT2D eigenvalue weighted by molar-refractivity contribution is -0.151. The fourth-order valence-electron chi connectivity index (χ4n) is 2.74. The zero-order valence-corrected chi connectivity index (χ0v) is 9.39. The number of aliphatic hydroxyl groups is 1. The number of carbonyl (C=O) groups excluding carboxylic acids is 2. The van der Waals surface area contributed by atoms with E-state index in [1.807, 2.05) is 0 Å². The Hall–Kier alpha value is -1.43. The molecule has 2 N–H and O–H groups in total. The van der Waals surface area contributed by atoms with Gasteiger partial charge < -0.3 is 10.2 Å². The number of hydrogen-bond acceptors (Lipinski definition) is 4. The minimum atomic E-state index is -1.69. The Balaban J connectivity index is 2.11. The molecule has 0 aromatic heterocycles. The standard InChI is InChI=1S/C11H15NO5/c13-7(9(15)16)6-12-8(14)5-11(10(12)17)3-1-2-4-11/h7,13H,1-6H2,(H,15,16). The highest BCUT2D eigenvalue weighted by molar-refractivity contribution is 6.06. The van der Waals surface area contributed by atoms with Crippen LogP contribution in [0.25, 0.3) is 0 Å². The van der Waals surface area contributed by atoms with E-state index in [-0.39, 0.29) is 18.2 Å². The zero-order valence-electron chi connectivity index (χ0n) is 9.39. The average molecular weight is 241 g/mol. The summed E-state index contributed by atoms with van der Waals surface area (Å²) in [5, 5.41) is 17.8. The number of β-amino-alcohol motifs (C(OH)–C–C–N with tert-alkyl or cyclic N) is 1. The molecule has 17 heavy (non-hydrogen) atoms. The maximum Gasteiger partial charge on any atom is 0.334 e. The lowest BCUT2D eigenvalue weighted by atomic mass is 9.84. The number of hydrogen-bond donors (Lipinski definition) is 2. The second-order valence-corrected chi connectivity index (χ2v) is 4.83. The van der Waals surface area contributed by atoms with Gasteiger partial charge in [0.2, 0.25) is 11.8 Å². The van der Waals surface area contributed by atoms with Crippen molar-refractivity contribution in [2.45, 2.75) is 38.2 Å². The Morgan fingerprint density at radius 2 is 1.94 bits per heavy atom. The summed E-state index contributed by atoms with van der Waals surface area (Å²) in [6.07, 6.45) is 1.70. The fraction of sp³-hybridized carbons (Fsp3) is 0.727. The highest BCUT2D eigenvalue weighted by atomic mass is 16.4. The molecule has 6 nitrogen and oxygen atoms in total. The molecule has 2 fully saturated rings. The molecule has 1 aliphatic heterocycles. The topological polar surface area (TPSA) is 94.9 Å². The highest BCUT2D eigenvalue weighted by Crippen LogP contribution is 2.46. The first kappa shape index (κ1) is 12.0. The van der Waals surface area contributed by atoms with E-state index in [9.17, 15) is 19.5 Å². The van der Waals surface area contributed by atoms with E-state index in [1.54, 1.807) is 0 Å². The van der Waals surface area contributed by atoms with Gasteiger partial charge in [-0.2, -0.15) is 0 Å². The number of nitrogens with zero attached hydrogens (tertiary/aromatic N) is 1. The molecule has 94 valence electrons. The van der Waals surface area contributed by atoms with E-state index in [0.29, 0.717) is 12.8 Å². The lowest BCUT2D eigenvalue weighted by Gasteiger charge is -2.21. The van der Waals surface area contributed by atoms with E-state index in [2.05, 4.69) is 0 Å². The summed E-state index contributed by atoms with van der Waals surface area (Å²) in [4.78, 5) is 35.2. The van der Waals surface area contributed by atoms with Crippen LogP contribution in [-0.4, -0.2) is 45.5 Å². The van der Waals surface area contributed by atoms with E-state index >= 15 is 0 Å². The monoisotopic (exact) mass is 241 g/mol. The highest BCUT2D eigenvalue weighted by Gasteiger charge is 2.52. The third-order valence-corrected chi connectivity index (χ3v) is 3.69. The molecule has 6 heteroatoms. The minimum Gasteiger partial charge on any atom is -0.479 e. The van der Waals surface area contributed by atoms with Gasteiger partial charge in [-0.25, -0.2) is 4.79 Å². The Morgan fingerprint density at radius 3 is 2.47 bits per heavy atom. The second-order valence-electron chi connectivity index (χ2n) is 4.83.